The van der Waals surface area contributed by atoms with Gasteiger partial charge in [0.15, 0.2) is 0 Å². The summed E-state index contributed by atoms with van der Waals surface area (Å²) in [6, 6.07) is 12.7. The van der Waals surface area contributed by atoms with Crippen LogP contribution in [0.2, 0.25) is 0 Å². The highest BCUT2D eigenvalue weighted by Gasteiger charge is 2.54. The number of nitrogens with one attached hydrogen (secondary N) is 1. The molecule has 2 unspecified atom stereocenters. The Morgan fingerprint density at radius 2 is 1.96 bits per heavy atom. The molecule has 8 heteroatoms. The van der Waals surface area contributed by atoms with Crippen LogP contribution in [0.1, 0.15) is 10.4 Å². The van der Waals surface area contributed by atoms with Crippen molar-refractivity contribution >= 4 is 40.9 Å². The fraction of sp³-hybridized carbons (Fsp3) is 0.250. The summed E-state index contributed by atoms with van der Waals surface area (Å²) < 4.78 is 0. The van der Waals surface area contributed by atoms with Crippen molar-refractivity contribution in [1.82, 2.24) is 10.2 Å². The number of thioether (sulfide) groups is 1. The Bertz CT molecular complexity index is 940. The molecular weight excluding hydrogens is 396 g/mol. The van der Waals surface area contributed by atoms with E-state index in [4.69, 9.17) is 0 Å². The van der Waals surface area contributed by atoms with Crippen LogP contribution in [0.5, 0.6) is 0 Å². The van der Waals surface area contributed by atoms with E-state index in [-0.39, 0.29) is 29.3 Å². The van der Waals surface area contributed by atoms with Crippen LogP contribution < -0.4 is 5.32 Å². The predicted octanol–water partition coefficient (Wildman–Crippen LogP) is 2.27. The number of rotatable bonds is 6. The molecule has 0 saturated carbocycles. The molecule has 1 aromatic heterocycles. The molecule has 2 aliphatic rings. The van der Waals surface area contributed by atoms with Gasteiger partial charge in [0.2, 0.25) is 5.91 Å². The first-order valence-corrected chi connectivity index (χ1v) is 10.7. The molecule has 28 heavy (non-hydrogen) atoms. The maximum Gasteiger partial charge on any atom is 0.352 e. The minimum atomic E-state index is -1.10. The van der Waals surface area contributed by atoms with E-state index in [1.54, 1.807) is 0 Å². The molecule has 2 amide bonds. The van der Waals surface area contributed by atoms with Crippen molar-refractivity contribution in [1.29, 1.82) is 0 Å². The number of hydrogen-bond donors (Lipinski definition) is 2. The zero-order valence-corrected chi connectivity index (χ0v) is 16.5. The second-order valence-corrected chi connectivity index (χ2v) is 8.77. The minimum Gasteiger partial charge on any atom is -0.477 e. The quantitative estimate of drug-likeness (QED) is 0.708. The van der Waals surface area contributed by atoms with Gasteiger partial charge in [-0.2, -0.15) is 0 Å². The predicted molar refractivity (Wildman–Crippen MR) is 108 cm³/mol. The summed E-state index contributed by atoms with van der Waals surface area (Å²) in [5.41, 5.74) is 1.78. The van der Waals surface area contributed by atoms with Gasteiger partial charge >= 0.3 is 5.97 Å². The maximum atomic E-state index is 12.6. The molecule has 3 heterocycles. The lowest BCUT2D eigenvalue weighted by atomic mass is 9.99. The van der Waals surface area contributed by atoms with E-state index in [0.29, 0.717) is 12.2 Å². The van der Waals surface area contributed by atoms with Crippen LogP contribution in [-0.2, 0) is 27.2 Å². The van der Waals surface area contributed by atoms with E-state index < -0.39 is 12.0 Å². The molecule has 1 fully saturated rings. The smallest absolute Gasteiger partial charge is 0.352 e. The van der Waals surface area contributed by atoms with Crippen LogP contribution in [0.3, 0.4) is 0 Å². The Morgan fingerprint density at radius 3 is 2.64 bits per heavy atom. The number of benzene rings is 1. The standard InChI is InChI=1S/C20H18N2O4S2/c23-15(10-14-7-4-8-27-14)21-16-18(24)22-17(20(25)26)13(11-28-19(16)22)9-12-5-2-1-3-6-12/h1-8,16,19H,9-11H2,(H,21,23)(H,25,26). The molecule has 1 saturated heterocycles. The van der Waals surface area contributed by atoms with Crippen molar-refractivity contribution < 1.29 is 19.5 Å². The number of aliphatic carboxylic acids is 1. The first-order chi connectivity index (χ1) is 13.5. The van der Waals surface area contributed by atoms with Gasteiger partial charge in [-0.1, -0.05) is 36.4 Å². The Morgan fingerprint density at radius 1 is 1.18 bits per heavy atom. The van der Waals surface area contributed by atoms with Gasteiger partial charge in [-0.3, -0.25) is 14.5 Å². The summed E-state index contributed by atoms with van der Waals surface area (Å²) in [5.74, 6) is -1.17. The van der Waals surface area contributed by atoms with Crippen LogP contribution in [0.4, 0.5) is 0 Å². The third-order valence-corrected chi connectivity index (χ3v) is 6.96. The first kappa shape index (κ1) is 18.8. The highest BCUT2D eigenvalue weighted by Crippen LogP contribution is 2.41. The van der Waals surface area contributed by atoms with Gasteiger partial charge in [0.05, 0.1) is 6.42 Å². The fourth-order valence-electron chi connectivity index (χ4n) is 3.46. The molecule has 2 aromatic rings. The highest BCUT2D eigenvalue weighted by atomic mass is 32.2. The molecule has 0 bridgehead atoms. The van der Waals surface area contributed by atoms with Gasteiger partial charge < -0.3 is 10.4 Å². The van der Waals surface area contributed by atoms with Gasteiger partial charge in [0.1, 0.15) is 17.1 Å². The molecule has 0 aliphatic carbocycles. The lowest BCUT2D eigenvalue weighted by Gasteiger charge is -2.49. The molecule has 1 aromatic carbocycles. The number of nitrogens with zero attached hydrogens (tertiary/aromatic N) is 1. The van der Waals surface area contributed by atoms with Crippen molar-refractivity contribution in [2.24, 2.45) is 0 Å². The van der Waals surface area contributed by atoms with Crippen molar-refractivity contribution in [2.75, 3.05) is 5.75 Å². The third kappa shape index (κ3) is 3.57. The van der Waals surface area contributed by atoms with Gasteiger partial charge in [0, 0.05) is 10.6 Å². The Kier molecular flexibility index (Phi) is 5.23. The van der Waals surface area contributed by atoms with Crippen molar-refractivity contribution in [3.63, 3.8) is 0 Å². The maximum absolute atomic E-state index is 12.6. The summed E-state index contributed by atoms with van der Waals surface area (Å²) in [6.45, 7) is 0. The van der Waals surface area contributed by atoms with E-state index >= 15 is 0 Å². The van der Waals surface area contributed by atoms with Gasteiger partial charge in [-0.25, -0.2) is 4.79 Å². The topological polar surface area (TPSA) is 86.7 Å². The fourth-order valence-corrected chi connectivity index (χ4v) is 5.51. The third-order valence-electron chi connectivity index (χ3n) is 4.74. The number of thiophene rings is 1. The number of carboxylic acid groups (broad SMARTS) is 1. The zero-order chi connectivity index (χ0) is 19.7. The lowest BCUT2D eigenvalue weighted by molar-refractivity contribution is -0.150. The number of carboxylic acids is 1. The molecule has 0 radical (unpaired) electrons. The van der Waals surface area contributed by atoms with E-state index in [1.807, 2.05) is 47.8 Å². The second kappa shape index (κ2) is 7.81. The lowest BCUT2D eigenvalue weighted by Crippen LogP contribution is -2.70. The van der Waals surface area contributed by atoms with Gasteiger partial charge in [0.25, 0.3) is 5.91 Å². The van der Waals surface area contributed by atoms with Crippen molar-refractivity contribution in [3.8, 4) is 0 Å². The van der Waals surface area contributed by atoms with Crippen LogP contribution >= 0.6 is 23.1 Å². The normalized spacial score (nSPS) is 21.1. The monoisotopic (exact) mass is 414 g/mol. The first-order valence-electron chi connectivity index (χ1n) is 8.80. The van der Waals surface area contributed by atoms with E-state index in [9.17, 15) is 19.5 Å². The summed E-state index contributed by atoms with van der Waals surface area (Å²) in [7, 11) is 0. The molecule has 0 spiro atoms. The average Bonchev–Trinajstić information content (AvgIpc) is 3.19. The summed E-state index contributed by atoms with van der Waals surface area (Å²) in [5, 5.41) is 14.0. The summed E-state index contributed by atoms with van der Waals surface area (Å²) in [4.78, 5) is 39.0. The molecular formula is C20H18N2O4S2. The average molecular weight is 415 g/mol. The Balaban J connectivity index is 1.49. The number of fused-ring (bicyclic) bond motifs is 1. The van der Waals surface area contributed by atoms with Crippen molar-refractivity contribution in [2.45, 2.75) is 24.3 Å². The number of amides is 2. The molecule has 144 valence electrons. The van der Waals surface area contributed by atoms with Crippen molar-refractivity contribution in [3.05, 3.63) is 69.6 Å². The molecule has 2 atom stereocenters. The van der Waals surface area contributed by atoms with Gasteiger partial charge in [-0.15, -0.1) is 23.1 Å². The van der Waals surface area contributed by atoms with E-state index in [2.05, 4.69) is 5.32 Å². The number of hydrogen-bond acceptors (Lipinski definition) is 5. The number of carbonyl (C=O) groups excluding carboxylic acids is 2. The molecule has 2 aliphatic heterocycles. The van der Waals surface area contributed by atoms with Crippen LogP contribution in [0.25, 0.3) is 0 Å². The summed E-state index contributed by atoms with van der Waals surface area (Å²) >= 11 is 2.98. The van der Waals surface area contributed by atoms with E-state index in [0.717, 1.165) is 16.0 Å². The Labute approximate surface area is 170 Å². The largest absolute Gasteiger partial charge is 0.477 e. The van der Waals surface area contributed by atoms with E-state index in [1.165, 1.54) is 28.0 Å². The van der Waals surface area contributed by atoms with Crippen LogP contribution in [-0.4, -0.2) is 45.0 Å². The molecule has 6 nitrogen and oxygen atoms in total. The molecule has 2 N–H and O–H groups in total. The summed E-state index contributed by atoms with van der Waals surface area (Å²) in [6.07, 6.45) is 0.709. The van der Waals surface area contributed by atoms with Gasteiger partial charge in [-0.05, 0) is 29.0 Å². The molecule has 4 rings (SSSR count). The van der Waals surface area contributed by atoms with Crippen LogP contribution in [0, 0.1) is 0 Å². The number of β-lactam (4-membered cyclic amide) rings is 1. The zero-order valence-electron chi connectivity index (χ0n) is 14.8. The minimum absolute atomic E-state index is 0.0568. The SMILES string of the molecule is O=C(Cc1cccs1)NC1C(=O)N2C(C(=O)O)=C(Cc3ccccc3)CSC12. The number of carbonyl (C=O) groups is 3. The Hall–Kier alpha value is -2.58. The van der Waals surface area contributed by atoms with Crippen LogP contribution in [0.15, 0.2) is 59.1 Å². The second-order valence-electron chi connectivity index (χ2n) is 6.63. The highest BCUT2D eigenvalue weighted by molar-refractivity contribution is 8.00.